The van der Waals surface area contributed by atoms with Gasteiger partial charge in [0.2, 0.25) is 0 Å². The van der Waals surface area contributed by atoms with Crippen molar-refractivity contribution < 1.29 is 33.3 Å². The summed E-state index contributed by atoms with van der Waals surface area (Å²) in [7, 11) is 0. The highest BCUT2D eigenvalue weighted by Crippen LogP contribution is 2.09. The van der Waals surface area contributed by atoms with Gasteiger partial charge in [0.05, 0.1) is 0 Å². The highest BCUT2D eigenvalue weighted by molar-refractivity contribution is 5.80. The Bertz CT molecular complexity index is 290. The average molecular weight is 255 g/mol. The van der Waals surface area contributed by atoms with E-state index in [1.807, 2.05) is 0 Å². The molecule has 0 heterocycles. The van der Waals surface area contributed by atoms with Crippen LogP contribution in [0, 0.1) is 0 Å². The van der Waals surface area contributed by atoms with Crippen LogP contribution in [0.25, 0.3) is 0 Å². The lowest BCUT2D eigenvalue weighted by Gasteiger charge is -2.23. The minimum atomic E-state index is -3.29. The quantitative estimate of drug-likeness (QED) is 0.683. The van der Waals surface area contributed by atoms with E-state index in [0.29, 0.717) is 0 Å². The predicted molar refractivity (Wildman–Crippen MR) is 52.8 cm³/mol. The summed E-state index contributed by atoms with van der Waals surface area (Å²) in [5.74, 6) is -1.77. The number of halogens is 2. The van der Waals surface area contributed by atoms with Crippen molar-refractivity contribution >= 4 is 12.1 Å². The molecular formula is C9H15F2NO5. The summed E-state index contributed by atoms with van der Waals surface area (Å²) in [5, 5.41) is 19.1. The Balaban J connectivity index is 4.57. The molecule has 17 heavy (non-hydrogen) atoms. The zero-order chi connectivity index (χ0) is 13.8. The Morgan fingerprint density at radius 2 is 1.76 bits per heavy atom. The number of carbonyl (C=O) groups is 2. The van der Waals surface area contributed by atoms with Crippen molar-refractivity contribution in [2.45, 2.75) is 44.9 Å². The van der Waals surface area contributed by atoms with Gasteiger partial charge < -0.3 is 20.3 Å². The lowest BCUT2D eigenvalue weighted by molar-refractivity contribution is -0.146. The lowest BCUT2D eigenvalue weighted by Crippen LogP contribution is -2.52. The number of hydrogen-bond donors (Lipinski definition) is 3. The van der Waals surface area contributed by atoms with E-state index < -0.39 is 36.2 Å². The maximum Gasteiger partial charge on any atom is 0.408 e. The predicted octanol–water partition coefficient (Wildman–Crippen LogP) is 0.590. The number of alkyl carbamates (subject to hydrolysis) is 1. The van der Waals surface area contributed by atoms with E-state index in [4.69, 9.17) is 10.2 Å². The second-order valence-electron chi connectivity index (χ2n) is 4.29. The van der Waals surface area contributed by atoms with E-state index >= 15 is 0 Å². The average Bonchev–Trinajstić information content (AvgIpc) is 2.09. The van der Waals surface area contributed by atoms with Crippen LogP contribution in [0.5, 0.6) is 0 Å². The van der Waals surface area contributed by atoms with Crippen molar-refractivity contribution in [1.82, 2.24) is 5.32 Å². The first-order chi connectivity index (χ1) is 7.54. The molecule has 100 valence electrons. The molecule has 0 fully saturated rings. The molecule has 0 aromatic heterocycles. The number of alkyl halides is 2. The Morgan fingerprint density at radius 3 is 2.06 bits per heavy atom. The second kappa shape index (κ2) is 5.76. The number of hydrogen-bond acceptors (Lipinski definition) is 4. The third-order valence-electron chi connectivity index (χ3n) is 1.54. The normalized spacial score (nSPS) is 15.2. The van der Waals surface area contributed by atoms with E-state index in [1.165, 1.54) is 20.8 Å². The van der Waals surface area contributed by atoms with Gasteiger partial charge in [0.1, 0.15) is 11.7 Å². The zero-order valence-electron chi connectivity index (χ0n) is 9.61. The van der Waals surface area contributed by atoms with Crippen molar-refractivity contribution in [1.29, 1.82) is 0 Å². The zero-order valence-corrected chi connectivity index (χ0v) is 9.61. The Hall–Kier alpha value is -1.44. The van der Waals surface area contributed by atoms with Crippen LogP contribution in [-0.4, -0.2) is 46.4 Å². The molecule has 1 amide bonds. The van der Waals surface area contributed by atoms with Crippen molar-refractivity contribution in [2.75, 3.05) is 0 Å². The van der Waals surface area contributed by atoms with Gasteiger partial charge in [-0.1, -0.05) is 0 Å². The molecule has 2 unspecified atom stereocenters. The summed E-state index contributed by atoms with van der Waals surface area (Å²) in [6.45, 7) is 4.56. The SMILES string of the molecule is CC(C)(C)OC(=O)NC(C(=O)O)C(O)C(F)F. The topological polar surface area (TPSA) is 95.9 Å². The Labute approximate surface area is 96.6 Å². The summed E-state index contributed by atoms with van der Waals surface area (Å²) in [6.07, 6.45) is -6.98. The molecule has 0 spiro atoms. The largest absolute Gasteiger partial charge is 0.480 e. The Kier molecular flexibility index (Phi) is 5.27. The molecular weight excluding hydrogens is 240 g/mol. The van der Waals surface area contributed by atoms with Crippen LogP contribution in [-0.2, 0) is 9.53 Å². The number of amides is 1. The second-order valence-corrected chi connectivity index (χ2v) is 4.29. The maximum atomic E-state index is 12.1. The molecule has 0 saturated carbocycles. The fourth-order valence-corrected chi connectivity index (χ4v) is 0.873. The van der Waals surface area contributed by atoms with Gasteiger partial charge in [-0.05, 0) is 20.8 Å². The number of carboxylic acids is 1. The molecule has 0 rings (SSSR count). The first kappa shape index (κ1) is 15.6. The number of carbonyl (C=O) groups excluding carboxylic acids is 1. The third kappa shape index (κ3) is 6.00. The number of rotatable bonds is 4. The van der Waals surface area contributed by atoms with Gasteiger partial charge in [0.15, 0.2) is 6.04 Å². The number of carboxylic acid groups (broad SMARTS) is 1. The maximum absolute atomic E-state index is 12.1. The van der Waals surface area contributed by atoms with Crippen molar-refractivity contribution in [3.8, 4) is 0 Å². The highest BCUT2D eigenvalue weighted by Gasteiger charge is 2.35. The molecule has 0 aliphatic carbocycles. The van der Waals surface area contributed by atoms with Crippen LogP contribution in [0.4, 0.5) is 13.6 Å². The van der Waals surface area contributed by atoms with Crippen LogP contribution < -0.4 is 5.32 Å². The summed E-state index contributed by atoms with van der Waals surface area (Å²) in [6, 6.07) is -2.12. The first-order valence-electron chi connectivity index (χ1n) is 4.73. The summed E-state index contributed by atoms with van der Waals surface area (Å²) < 4.78 is 28.9. The van der Waals surface area contributed by atoms with Gasteiger partial charge in [0.25, 0.3) is 6.43 Å². The molecule has 0 saturated heterocycles. The van der Waals surface area contributed by atoms with Crippen LogP contribution in [0.1, 0.15) is 20.8 Å². The fraction of sp³-hybridized carbons (Fsp3) is 0.778. The van der Waals surface area contributed by atoms with Crippen LogP contribution >= 0.6 is 0 Å². The minimum absolute atomic E-state index is 0.900. The van der Waals surface area contributed by atoms with Gasteiger partial charge in [0, 0.05) is 0 Å². The van der Waals surface area contributed by atoms with E-state index in [2.05, 4.69) is 4.74 Å². The van der Waals surface area contributed by atoms with E-state index in [0.717, 1.165) is 0 Å². The fourth-order valence-electron chi connectivity index (χ4n) is 0.873. The van der Waals surface area contributed by atoms with E-state index in [9.17, 15) is 18.4 Å². The van der Waals surface area contributed by atoms with Crippen molar-refractivity contribution in [3.63, 3.8) is 0 Å². The number of aliphatic hydroxyl groups is 1. The van der Waals surface area contributed by atoms with Crippen LogP contribution in [0.2, 0.25) is 0 Å². The smallest absolute Gasteiger partial charge is 0.408 e. The van der Waals surface area contributed by atoms with Crippen molar-refractivity contribution in [3.05, 3.63) is 0 Å². The van der Waals surface area contributed by atoms with Gasteiger partial charge in [-0.3, -0.25) is 0 Å². The summed E-state index contributed by atoms with van der Waals surface area (Å²) in [4.78, 5) is 21.7. The molecule has 0 aromatic rings. The number of nitrogens with one attached hydrogen (secondary N) is 1. The molecule has 0 aliphatic rings. The monoisotopic (exact) mass is 255 g/mol. The summed E-state index contributed by atoms with van der Waals surface area (Å²) >= 11 is 0. The molecule has 0 radical (unpaired) electrons. The molecule has 6 nitrogen and oxygen atoms in total. The van der Waals surface area contributed by atoms with E-state index in [-0.39, 0.29) is 0 Å². The standard InChI is InChI=1S/C9H15F2NO5/c1-9(2,3)17-8(16)12-4(7(14)15)5(13)6(10)11/h4-6,13H,1-3H3,(H,12,16)(H,14,15). The highest BCUT2D eigenvalue weighted by atomic mass is 19.3. The van der Waals surface area contributed by atoms with Gasteiger partial charge in [-0.25, -0.2) is 18.4 Å². The van der Waals surface area contributed by atoms with Crippen LogP contribution in [0.15, 0.2) is 0 Å². The van der Waals surface area contributed by atoms with Gasteiger partial charge >= 0.3 is 12.1 Å². The lowest BCUT2D eigenvalue weighted by atomic mass is 10.1. The van der Waals surface area contributed by atoms with Gasteiger partial charge in [-0.2, -0.15) is 0 Å². The van der Waals surface area contributed by atoms with Gasteiger partial charge in [-0.15, -0.1) is 0 Å². The minimum Gasteiger partial charge on any atom is -0.480 e. The molecule has 8 heteroatoms. The number of aliphatic hydroxyl groups excluding tert-OH is 1. The third-order valence-corrected chi connectivity index (χ3v) is 1.54. The number of ether oxygens (including phenoxy) is 1. The molecule has 2 atom stereocenters. The molecule has 0 aromatic carbocycles. The molecule has 3 N–H and O–H groups in total. The van der Waals surface area contributed by atoms with Crippen LogP contribution in [0.3, 0.4) is 0 Å². The summed E-state index contributed by atoms with van der Waals surface area (Å²) in [5.41, 5.74) is -0.900. The Morgan fingerprint density at radius 1 is 1.29 bits per heavy atom. The van der Waals surface area contributed by atoms with Crippen molar-refractivity contribution in [2.24, 2.45) is 0 Å². The van der Waals surface area contributed by atoms with E-state index in [1.54, 1.807) is 5.32 Å². The first-order valence-corrected chi connectivity index (χ1v) is 4.73. The number of aliphatic carboxylic acids is 1. The molecule has 0 bridgehead atoms. The molecule has 0 aliphatic heterocycles.